The summed E-state index contributed by atoms with van der Waals surface area (Å²) in [6, 6.07) is 5.83. The lowest BCUT2D eigenvalue weighted by Gasteiger charge is -2.38. The summed E-state index contributed by atoms with van der Waals surface area (Å²) in [5.41, 5.74) is 1.22. The molecule has 0 atom stereocenters. The van der Waals surface area contributed by atoms with Crippen molar-refractivity contribution in [3.05, 3.63) is 28.4 Å². The smallest absolute Gasteiger partial charge is 0.314 e. The van der Waals surface area contributed by atoms with Crippen LogP contribution < -0.4 is 0 Å². The molecule has 0 spiro atoms. The first kappa shape index (κ1) is 11.7. The first-order valence-electron chi connectivity index (χ1n) is 5.91. The maximum absolute atomic E-state index is 11.5. The number of benzene rings is 1. The molecule has 0 radical (unpaired) electrons. The number of carbonyl (C=O) groups is 1. The molecule has 0 aliphatic heterocycles. The van der Waals surface area contributed by atoms with Crippen molar-refractivity contribution in [1.29, 1.82) is 0 Å². The highest BCUT2D eigenvalue weighted by atomic mass is 79.9. The van der Waals surface area contributed by atoms with Gasteiger partial charge in [0.15, 0.2) is 0 Å². The number of hydrogen-bond acceptors (Lipinski definition) is 2. The molecule has 1 saturated carbocycles. The molecule has 1 N–H and O–H groups in total. The molecular weight excluding hydrogens is 296 g/mol. The number of carboxylic acids is 1. The highest BCUT2D eigenvalue weighted by molar-refractivity contribution is 9.10. The Labute approximate surface area is 113 Å². The summed E-state index contributed by atoms with van der Waals surface area (Å²) >= 11 is 3.42. The van der Waals surface area contributed by atoms with Crippen LogP contribution in [0, 0.1) is 0 Å². The van der Waals surface area contributed by atoms with Crippen molar-refractivity contribution in [1.82, 2.24) is 9.78 Å². The Morgan fingerprint density at radius 3 is 2.78 bits per heavy atom. The quantitative estimate of drug-likeness (QED) is 0.928. The van der Waals surface area contributed by atoms with E-state index in [0.717, 1.165) is 40.3 Å². The average Bonchev–Trinajstić information content (AvgIpc) is 2.52. The van der Waals surface area contributed by atoms with Crippen molar-refractivity contribution >= 4 is 32.8 Å². The van der Waals surface area contributed by atoms with Gasteiger partial charge in [-0.2, -0.15) is 5.10 Å². The van der Waals surface area contributed by atoms with Crippen molar-refractivity contribution in [3.63, 3.8) is 0 Å². The van der Waals surface area contributed by atoms with Gasteiger partial charge in [-0.1, -0.05) is 12.5 Å². The Hall–Kier alpha value is -1.36. The third-order valence-corrected chi connectivity index (χ3v) is 4.56. The first-order chi connectivity index (χ1) is 8.54. The lowest BCUT2D eigenvalue weighted by Crippen LogP contribution is -2.42. The number of fused-ring (bicyclic) bond motifs is 1. The fourth-order valence-corrected chi connectivity index (χ4v) is 3.23. The molecule has 0 bridgehead atoms. The molecular formula is C13H13BrN2O2. The second-order valence-corrected chi connectivity index (χ2v) is 5.64. The van der Waals surface area contributed by atoms with E-state index >= 15 is 0 Å². The van der Waals surface area contributed by atoms with Crippen molar-refractivity contribution in [2.45, 2.75) is 24.7 Å². The molecule has 94 valence electrons. The molecule has 1 fully saturated rings. The Kier molecular flexibility index (Phi) is 2.48. The normalized spacial score (nSPS) is 17.7. The Balaban J connectivity index is 2.19. The Morgan fingerprint density at radius 2 is 2.22 bits per heavy atom. The van der Waals surface area contributed by atoms with E-state index in [1.165, 1.54) is 0 Å². The van der Waals surface area contributed by atoms with E-state index in [1.54, 1.807) is 4.68 Å². The zero-order valence-electron chi connectivity index (χ0n) is 9.98. The number of hydrogen-bond donors (Lipinski definition) is 1. The van der Waals surface area contributed by atoms with Crippen molar-refractivity contribution in [2.75, 3.05) is 0 Å². The van der Waals surface area contributed by atoms with Gasteiger partial charge in [-0.3, -0.25) is 9.48 Å². The molecule has 1 aromatic heterocycles. The summed E-state index contributed by atoms with van der Waals surface area (Å²) in [5.74, 6) is -0.715. The largest absolute Gasteiger partial charge is 0.481 e. The van der Waals surface area contributed by atoms with E-state index in [9.17, 15) is 9.90 Å². The van der Waals surface area contributed by atoms with E-state index in [0.29, 0.717) is 0 Å². The van der Waals surface area contributed by atoms with Gasteiger partial charge >= 0.3 is 5.97 Å². The molecule has 3 rings (SSSR count). The number of aliphatic carboxylic acids is 1. The summed E-state index contributed by atoms with van der Waals surface area (Å²) in [6.07, 6.45) is 2.44. The minimum atomic E-state index is -0.715. The third kappa shape index (κ3) is 1.43. The molecule has 4 nitrogen and oxygen atoms in total. The molecule has 1 aliphatic carbocycles. The van der Waals surface area contributed by atoms with Gasteiger partial charge in [0.05, 0.1) is 10.9 Å². The fourth-order valence-electron chi connectivity index (χ4n) is 2.68. The molecule has 1 aromatic carbocycles. The minimum absolute atomic E-state index is 0.677. The zero-order valence-corrected chi connectivity index (χ0v) is 11.6. The predicted molar refractivity (Wildman–Crippen MR) is 71.6 cm³/mol. The molecule has 1 heterocycles. The summed E-state index contributed by atoms with van der Waals surface area (Å²) in [6.45, 7) is 0. The molecule has 0 saturated heterocycles. The lowest BCUT2D eigenvalue weighted by atomic mass is 9.64. The highest BCUT2D eigenvalue weighted by Gasteiger charge is 2.46. The summed E-state index contributed by atoms with van der Waals surface area (Å²) < 4.78 is 2.55. The van der Waals surface area contributed by atoms with Gasteiger partial charge in [0.2, 0.25) is 0 Å². The van der Waals surface area contributed by atoms with Crippen LogP contribution in [0.15, 0.2) is 22.8 Å². The highest BCUT2D eigenvalue weighted by Crippen LogP contribution is 2.45. The van der Waals surface area contributed by atoms with Crippen LogP contribution in [0.4, 0.5) is 0 Å². The number of nitrogens with zero attached hydrogens (tertiary/aromatic N) is 2. The topological polar surface area (TPSA) is 55.1 Å². The van der Waals surface area contributed by atoms with Crippen molar-refractivity contribution in [3.8, 4) is 0 Å². The van der Waals surface area contributed by atoms with Gasteiger partial charge in [-0.05, 0) is 46.5 Å². The van der Waals surface area contributed by atoms with Gasteiger partial charge in [-0.25, -0.2) is 0 Å². The standard InChI is InChI=1S/C13H13BrN2O2/c1-16-10-4-3-8(7-9(10)11(14)15-16)13(12(17)18)5-2-6-13/h3-4,7H,2,5-6H2,1H3,(H,17,18). The Morgan fingerprint density at radius 1 is 1.50 bits per heavy atom. The fraction of sp³-hybridized carbons (Fsp3) is 0.385. The average molecular weight is 309 g/mol. The van der Waals surface area contributed by atoms with Crippen molar-refractivity contribution < 1.29 is 9.90 Å². The van der Waals surface area contributed by atoms with Gasteiger partial charge in [0, 0.05) is 12.4 Å². The Bertz CT molecular complexity index is 644. The van der Waals surface area contributed by atoms with E-state index in [1.807, 2.05) is 25.2 Å². The maximum Gasteiger partial charge on any atom is 0.314 e. The van der Waals surface area contributed by atoms with E-state index in [2.05, 4.69) is 21.0 Å². The summed E-state index contributed by atoms with van der Waals surface area (Å²) in [4.78, 5) is 11.5. The molecule has 2 aromatic rings. The number of rotatable bonds is 2. The third-order valence-electron chi connectivity index (χ3n) is 3.97. The monoisotopic (exact) mass is 308 g/mol. The van der Waals surface area contributed by atoms with Gasteiger partial charge < -0.3 is 5.11 Å². The number of halogens is 1. The second-order valence-electron chi connectivity index (χ2n) is 4.89. The van der Waals surface area contributed by atoms with Crippen molar-refractivity contribution in [2.24, 2.45) is 7.05 Å². The van der Waals surface area contributed by atoms with Crippen LogP contribution in [-0.4, -0.2) is 20.9 Å². The summed E-state index contributed by atoms with van der Waals surface area (Å²) in [7, 11) is 1.88. The number of carboxylic acid groups (broad SMARTS) is 1. The van der Waals surface area contributed by atoms with Crippen LogP contribution in [0.2, 0.25) is 0 Å². The molecule has 0 amide bonds. The van der Waals surface area contributed by atoms with Crippen LogP contribution >= 0.6 is 15.9 Å². The molecule has 1 aliphatic rings. The predicted octanol–water partition coefficient (Wildman–Crippen LogP) is 2.84. The number of aromatic nitrogens is 2. The SMILES string of the molecule is Cn1nc(Br)c2cc(C3(C(=O)O)CCC3)ccc21. The first-order valence-corrected chi connectivity index (χ1v) is 6.70. The van der Waals surface area contributed by atoms with Gasteiger partial charge in [-0.15, -0.1) is 0 Å². The van der Waals surface area contributed by atoms with Crippen LogP contribution in [0.3, 0.4) is 0 Å². The van der Waals surface area contributed by atoms with Crippen LogP contribution in [0.5, 0.6) is 0 Å². The van der Waals surface area contributed by atoms with E-state index in [-0.39, 0.29) is 0 Å². The zero-order chi connectivity index (χ0) is 12.9. The van der Waals surface area contributed by atoms with Crippen LogP contribution in [-0.2, 0) is 17.3 Å². The van der Waals surface area contributed by atoms with Crippen LogP contribution in [0.1, 0.15) is 24.8 Å². The lowest BCUT2D eigenvalue weighted by molar-refractivity contribution is -0.147. The number of aryl methyl sites for hydroxylation is 1. The molecule has 0 unspecified atom stereocenters. The van der Waals surface area contributed by atoms with Gasteiger partial charge in [0.25, 0.3) is 0 Å². The molecule has 5 heteroatoms. The van der Waals surface area contributed by atoms with Gasteiger partial charge in [0.1, 0.15) is 4.60 Å². The summed E-state index contributed by atoms with van der Waals surface area (Å²) in [5, 5.41) is 14.7. The minimum Gasteiger partial charge on any atom is -0.481 e. The van der Waals surface area contributed by atoms with E-state index < -0.39 is 11.4 Å². The maximum atomic E-state index is 11.5. The second kappa shape index (κ2) is 3.82. The molecule has 18 heavy (non-hydrogen) atoms. The van der Waals surface area contributed by atoms with E-state index in [4.69, 9.17) is 0 Å². The van der Waals surface area contributed by atoms with Crippen LogP contribution in [0.25, 0.3) is 10.9 Å².